The Kier molecular flexibility index (Phi) is 3.57. The molecule has 0 N–H and O–H groups in total. The summed E-state index contributed by atoms with van der Waals surface area (Å²) in [5.74, 6) is -0.152. The molecule has 0 unspecified atom stereocenters. The van der Waals surface area contributed by atoms with E-state index in [0.717, 1.165) is 9.58 Å². The van der Waals surface area contributed by atoms with E-state index in [1.165, 1.54) is 23.0 Å². The van der Waals surface area contributed by atoms with Crippen molar-refractivity contribution in [3.8, 4) is 0 Å². The molecule has 0 bridgehead atoms. The number of aromatic nitrogens is 4. The van der Waals surface area contributed by atoms with Crippen molar-refractivity contribution in [2.45, 2.75) is 11.4 Å². The summed E-state index contributed by atoms with van der Waals surface area (Å²) in [6, 6.07) is 7.29. The first-order valence-corrected chi connectivity index (χ1v) is 7.48. The van der Waals surface area contributed by atoms with Crippen LogP contribution in [0.2, 0.25) is 0 Å². The summed E-state index contributed by atoms with van der Waals surface area (Å²) in [4.78, 5) is 29.3. The molecule has 0 atom stereocenters. The second-order valence-electron chi connectivity index (χ2n) is 4.40. The third-order valence-electron chi connectivity index (χ3n) is 3.09. The van der Waals surface area contributed by atoms with Gasteiger partial charge < -0.3 is 0 Å². The van der Waals surface area contributed by atoms with E-state index in [1.54, 1.807) is 23.9 Å². The molecule has 0 spiro atoms. The molecule has 1 aromatic carbocycles. The van der Waals surface area contributed by atoms with Crippen LogP contribution in [0.3, 0.4) is 0 Å². The van der Waals surface area contributed by atoms with Gasteiger partial charge in [-0.05, 0) is 18.4 Å². The molecule has 3 aromatic rings. The monoisotopic (exact) mass is 300 g/mol. The van der Waals surface area contributed by atoms with E-state index in [2.05, 4.69) is 10.1 Å². The minimum atomic E-state index is -0.346. The maximum absolute atomic E-state index is 12.2. The average molecular weight is 300 g/mol. The molecule has 0 amide bonds. The highest BCUT2D eigenvalue weighted by molar-refractivity contribution is 7.98. The van der Waals surface area contributed by atoms with Crippen molar-refractivity contribution in [3.63, 3.8) is 0 Å². The van der Waals surface area contributed by atoms with Crippen molar-refractivity contribution >= 4 is 23.2 Å². The molecule has 0 radical (unpaired) electrons. The second-order valence-corrected chi connectivity index (χ2v) is 5.28. The standard InChI is InChI=1S/C14H12N4O2S/c1-21-11-4-2-10(3-5-11)12(19)9-18-14(20)17-7-6-15-8-13(17)16-18/h2-8H,9H2,1H3. The quantitative estimate of drug-likeness (QED) is 0.539. The smallest absolute Gasteiger partial charge is 0.292 e. The number of hydrogen-bond acceptors (Lipinski definition) is 5. The normalized spacial score (nSPS) is 10.9. The maximum Gasteiger partial charge on any atom is 0.350 e. The van der Waals surface area contributed by atoms with E-state index < -0.39 is 0 Å². The molecule has 7 heteroatoms. The molecule has 21 heavy (non-hydrogen) atoms. The Bertz CT molecular complexity index is 851. The molecule has 3 rings (SSSR count). The number of hydrogen-bond donors (Lipinski definition) is 0. The van der Waals surface area contributed by atoms with Crippen molar-refractivity contribution in [2.75, 3.05) is 6.26 Å². The Morgan fingerprint density at radius 3 is 2.71 bits per heavy atom. The van der Waals surface area contributed by atoms with Gasteiger partial charge in [0.1, 0.15) is 6.54 Å². The highest BCUT2D eigenvalue weighted by atomic mass is 32.2. The number of thioether (sulfide) groups is 1. The van der Waals surface area contributed by atoms with Crippen LogP contribution in [0.1, 0.15) is 10.4 Å². The predicted octanol–water partition coefficient (Wildman–Crippen LogP) is 1.50. The summed E-state index contributed by atoms with van der Waals surface area (Å²) in [5.41, 5.74) is 0.643. The van der Waals surface area contributed by atoms with Gasteiger partial charge in [-0.25, -0.2) is 13.9 Å². The van der Waals surface area contributed by atoms with Crippen LogP contribution in [0.5, 0.6) is 0 Å². The molecule has 2 heterocycles. The lowest BCUT2D eigenvalue weighted by molar-refractivity contribution is 0.0966. The van der Waals surface area contributed by atoms with Crippen LogP contribution in [0.15, 0.2) is 52.5 Å². The van der Waals surface area contributed by atoms with E-state index >= 15 is 0 Å². The molecular weight excluding hydrogens is 288 g/mol. The summed E-state index contributed by atoms with van der Waals surface area (Å²) in [6.07, 6.45) is 6.49. The van der Waals surface area contributed by atoms with Crippen LogP contribution < -0.4 is 5.69 Å². The third kappa shape index (κ3) is 2.59. The van der Waals surface area contributed by atoms with Crippen LogP contribution in [0, 0.1) is 0 Å². The van der Waals surface area contributed by atoms with Crippen molar-refractivity contribution < 1.29 is 4.79 Å². The number of Topliss-reactive ketones (excluding diaryl/α,β-unsaturated/α-hetero) is 1. The fourth-order valence-electron chi connectivity index (χ4n) is 1.99. The second kappa shape index (κ2) is 5.53. The Morgan fingerprint density at radius 1 is 1.29 bits per heavy atom. The minimum absolute atomic E-state index is 0.0842. The summed E-state index contributed by atoms with van der Waals surface area (Å²) < 4.78 is 2.51. The van der Waals surface area contributed by atoms with E-state index in [0.29, 0.717) is 11.2 Å². The van der Waals surface area contributed by atoms with E-state index in [1.807, 2.05) is 18.4 Å². The molecule has 6 nitrogen and oxygen atoms in total. The molecular formula is C14H12N4O2S. The molecule has 0 aliphatic rings. The van der Waals surface area contributed by atoms with Gasteiger partial charge in [0, 0.05) is 22.9 Å². The summed E-state index contributed by atoms with van der Waals surface area (Å²) in [6.45, 7) is -0.0842. The van der Waals surface area contributed by atoms with Gasteiger partial charge in [-0.15, -0.1) is 16.9 Å². The summed E-state index contributed by atoms with van der Waals surface area (Å²) in [7, 11) is 0. The Balaban J connectivity index is 1.88. The average Bonchev–Trinajstić information content (AvgIpc) is 2.84. The Hall–Kier alpha value is -2.41. The first-order chi connectivity index (χ1) is 10.2. The van der Waals surface area contributed by atoms with Gasteiger partial charge in [-0.2, -0.15) is 0 Å². The van der Waals surface area contributed by atoms with Crippen molar-refractivity contribution in [1.82, 2.24) is 19.2 Å². The SMILES string of the molecule is CSc1ccc(C(=O)Cn2nc3cnccn3c2=O)cc1. The third-order valence-corrected chi connectivity index (χ3v) is 3.84. The highest BCUT2D eigenvalue weighted by Gasteiger charge is 2.12. The van der Waals surface area contributed by atoms with Gasteiger partial charge in [0.15, 0.2) is 11.4 Å². The Labute approximate surface area is 124 Å². The zero-order valence-corrected chi connectivity index (χ0v) is 12.1. The number of ketones is 1. The molecule has 0 saturated heterocycles. The summed E-state index contributed by atoms with van der Waals surface area (Å²) in [5, 5.41) is 4.09. The molecule has 0 saturated carbocycles. The predicted molar refractivity (Wildman–Crippen MR) is 79.8 cm³/mol. The van der Waals surface area contributed by atoms with Crippen LogP contribution >= 0.6 is 11.8 Å². The highest BCUT2D eigenvalue weighted by Crippen LogP contribution is 2.15. The zero-order valence-electron chi connectivity index (χ0n) is 11.3. The van der Waals surface area contributed by atoms with Crippen LogP contribution in [0.25, 0.3) is 5.65 Å². The largest absolute Gasteiger partial charge is 0.350 e. The van der Waals surface area contributed by atoms with Crippen LogP contribution in [-0.4, -0.2) is 31.2 Å². The molecule has 2 aromatic heterocycles. The Morgan fingerprint density at radius 2 is 2.05 bits per heavy atom. The van der Waals surface area contributed by atoms with Gasteiger partial charge in [-0.3, -0.25) is 9.78 Å². The number of carbonyl (C=O) groups excluding carboxylic acids is 1. The summed E-state index contributed by atoms with van der Waals surface area (Å²) >= 11 is 1.61. The van der Waals surface area contributed by atoms with Crippen molar-refractivity contribution in [1.29, 1.82) is 0 Å². The minimum Gasteiger partial charge on any atom is -0.292 e. The van der Waals surface area contributed by atoms with E-state index in [9.17, 15) is 9.59 Å². The molecule has 0 fully saturated rings. The van der Waals surface area contributed by atoms with E-state index in [4.69, 9.17) is 0 Å². The molecule has 0 aliphatic carbocycles. The van der Waals surface area contributed by atoms with Crippen molar-refractivity contribution in [2.24, 2.45) is 0 Å². The maximum atomic E-state index is 12.2. The van der Waals surface area contributed by atoms with Gasteiger partial charge in [0.05, 0.1) is 6.20 Å². The van der Waals surface area contributed by atoms with Crippen LogP contribution in [-0.2, 0) is 6.54 Å². The van der Waals surface area contributed by atoms with Crippen LogP contribution in [0.4, 0.5) is 0 Å². The fourth-order valence-corrected chi connectivity index (χ4v) is 2.40. The lowest BCUT2D eigenvalue weighted by Gasteiger charge is -2.01. The lowest BCUT2D eigenvalue weighted by Crippen LogP contribution is -2.25. The number of benzene rings is 1. The molecule has 0 aliphatic heterocycles. The van der Waals surface area contributed by atoms with Gasteiger partial charge in [-0.1, -0.05) is 12.1 Å². The lowest BCUT2D eigenvalue weighted by atomic mass is 10.1. The number of rotatable bonds is 4. The topological polar surface area (TPSA) is 69.3 Å². The zero-order chi connectivity index (χ0) is 14.8. The fraction of sp³-hybridized carbons (Fsp3) is 0.143. The molecule has 106 valence electrons. The number of carbonyl (C=O) groups is 1. The van der Waals surface area contributed by atoms with Gasteiger partial charge in [0.2, 0.25) is 0 Å². The number of nitrogens with zero attached hydrogens (tertiary/aromatic N) is 4. The van der Waals surface area contributed by atoms with Crippen molar-refractivity contribution in [3.05, 3.63) is 58.9 Å². The van der Waals surface area contributed by atoms with Gasteiger partial charge >= 0.3 is 5.69 Å². The van der Waals surface area contributed by atoms with E-state index in [-0.39, 0.29) is 18.0 Å². The number of fused-ring (bicyclic) bond motifs is 1. The first-order valence-electron chi connectivity index (χ1n) is 6.25. The van der Waals surface area contributed by atoms with Gasteiger partial charge in [0.25, 0.3) is 0 Å². The first kappa shape index (κ1) is 13.6.